The Labute approximate surface area is 101 Å². The third-order valence-corrected chi connectivity index (χ3v) is 2.11. The molecule has 2 aromatic rings. The number of aromatic hydroxyl groups is 1. The largest absolute Gasteiger partial charge is 0.504 e. The second-order valence-electron chi connectivity index (χ2n) is 3.32. The van der Waals surface area contributed by atoms with Gasteiger partial charge in [-0.25, -0.2) is 0 Å². The van der Waals surface area contributed by atoms with Gasteiger partial charge in [0.25, 0.3) is 0 Å². The summed E-state index contributed by atoms with van der Waals surface area (Å²) in [4.78, 5) is 0. The van der Waals surface area contributed by atoms with Crippen molar-refractivity contribution in [2.75, 3.05) is 7.11 Å². The fraction of sp³-hybridized carbons (Fsp3) is 0.143. The monoisotopic (exact) mass is 232 g/mol. The normalized spacial score (nSPS) is 9.06. The molecular formula is C14H16O3. The van der Waals surface area contributed by atoms with Gasteiger partial charge in [-0.1, -0.05) is 42.5 Å². The number of benzene rings is 2. The summed E-state index contributed by atoms with van der Waals surface area (Å²) in [7, 11) is 1.52. The van der Waals surface area contributed by atoms with E-state index in [0.717, 1.165) is 5.56 Å². The molecule has 0 aliphatic heterocycles. The van der Waals surface area contributed by atoms with Crippen LogP contribution in [0.1, 0.15) is 5.56 Å². The SMILES string of the molecule is COc1ccccc1O.OCc1ccccc1. The van der Waals surface area contributed by atoms with E-state index in [4.69, 9.17) is 14.9 Å². The molecule has 0 aromatic heterocycles. The van der Waals surface area contributed by atoms with E-state index in [2.05, 4.69) is 0 Å². The topological polar surface area (TPSA) is 49.7 Å². The second-order valence-corrected chi connectivity index (χ2v) is 3.32. The molecular weight excluding hydrogens is 216 g/mol. The average molecular weight is 232 g/mol. The summed E-state index contributed by atoms with van der Waals surface area (Å²) >= 11 is 0. The lowest BCUT2D eigenvalue weighted by atomic mass is 10.2. The summed E-state index contributed by atoms with van der Waals surface area (Å²) in [5.41, 5.74) is 0.965. The van der Waals surface area contributed by atoms with Crippen LogP contribution in [-0.4, -0.2) is 17.3 Å². The third kappa shape index (κ3) is 4.57. The first-order chi connectivity index (χ1) is 8.27. The lowest BCUT2D eigenvalue weighted by molar-refractivity contribution is 0.282. The summed E-state index contributed by atoms with van der Waals surface area (Å²) in [6, 6.07) is 16.4. The molecule has 0 aliphatic carbocycles. The number of rotatable bonds is 2. The number of aliphatic hydroxyl groups is 1. The third-order valence-electron chi connectivity index (χ3n) is 2.11. The van der Waals surface area contributed by atoms with Gasteiger partial charge < -0.3 is 14.9 Å². The van der Waals surface area contributed by atoms with Crippen molar-refractivity contribution in [1.29, 1.82) is 0 Å². The van der Waals surface area contributed by atoms with Gasteiger partial charge in [-0.2, -0.15) is 0 Å². The highest BCUT2D eigenvalue weighted by Crippen LogP contribution is 2.22. The van der Waals surface area contributed by atoms with Gasteiger partial charge >= 0.3 is 0 Å². The van der Waals surface area contributed by atoms with E-state index < -0.39 is 0 Å². The predicted octanol–water partition coefficient (Wildman–Crippen LogP) is 2.58. The molecule has 2 rings (SSSR count). The Morgan fingerprint density at radius 3 is 1.94 bits per heavy atom. The summed E-state index contributed by atoms with van der Waals surface area (Å²) in [6.45, 7) is 0.140. The van der Waals surface area contributed by atoms with Crippen LogP contribution < -0.4 is 4.74 Å². The molecule has 90 valence electrons. The fourth-order valence-electron chi connectivity index (χ4n) is 1.21. The van der Waals surface area contributed by atoms with Gasteiger partial charge in [0, 0.05) is 0 Å². The Hall–Kier alpha value is -2.00. The van der Waals surface area contributed by atoms with Crippen LogP contribution in [-0.2, 0) is 6.61 Å². The van der Waals surface area contributed by atoms with Crippen LogP contribution >= 0.6 is 0 Å². The number of ether oxygens (including phenoxy) is 1. The molecule has 0 atom stereocenters. The predicted molar refractivity (Wildman–Crippen MR) is 67.0 cm³/mol. The van der Waals surface area contributed by atoms with E-state index in [1.54, 1.807) is 24.3 Å². The molecule has 0 amide bonds. The lowest BCUT2D eigenvalue weighted by Crippen LogP contribution is -1.80. The van der Waals surface area contributed by atoms with Crippen molar-refractivity contribution in [3.05, 3.63) is 60.2 Å². The maximum atomic E-state index is 8.99. The molecule has 0 heterocycles. The number of phenolic OH excluding ortho intramolecular Hbond substituents is 1. The standard InChI is InChI=1S/C7H8O2.C7H8O/c1-9-7-5-3-2-4-6(7)8;8-6-7-4-2-1-3-5-7/h2-5,8H,1H3;1-5,8H,6H2. The van der Waals surface area contributed by atoms with Crippen molar-refractivity contribution >= 4 is 0 Å². The summed E-state index contributed by atoms with van der Waals surface area (Å²) in [6.07, 6.45) is 0. The van der Waals surface area contributed by atoms with E-state index in [1.807, 2.05) is 30.3 Å². The molecule has 17 heavy (non-hydrogen) atoms. The van der Waals surface area contributed by atoms with Crippen molar-refractivity contribution < 1.29 is 14.9 Å². The first-order valence-corrected chi connectivity index (χ1v) is 5.24. The van der Waals surface area contributed by atoms with Gasteiger partial charge in [0.15, 0.2) is 11.5 Å². The Morgan fingerprint density at radius 1 is 0.941 bits per heavy atom. The Bertz CT molecular complexity index is 426. The van der Waals surface area contributed by atoms with Gasteiger partial charge in [0.2, 0.25) is 0 Å². The quantitative estimate of drug-likeness (QED) is 0.836. The number of methoxy groups -OCH3 is 1. The average Bonchev–Trinajstić information content (AvgIpc) is 2.41. The first kappa shape index (κ1) is 13.1. The molecule has 0 saturated carbocycles. The van der Waals surface area contributed by atoms with Crippen LogP contribution in [0.15, 0.2) is 54.6 Å². The number of para-hydroxylation sites is 2. The highest BCUT2D eigenvalue weighted by molar-refractivity contribution is 5.37. The first-order valence-electron chi connectivity index (χ1n) is 5.24. The molecule has 2 N–H and O–H groups in total. The zero-order chi connectivity index (χ0) is 12.5. The molecule has 0 aliphatic rings. The van der Waals surface area contributed by atoms with E-state index in [-0.39, 0.29) is 12.4 Å². The highest BCUT2D eigenvalue weighted by Gasteiger charge is 1.94. The zero-order valence-corrected chi connectivity index (χ0v) is 9.71. The van der Waals surface area contributed by atoms with E-state index >= 15 is 0 Å². The minimum atomic E-state index is 0.140. The Kier molecular flexibility index (Phi) is 5.61. The minimum absolute atomic E-state index is 0.140. The van der Waals surface area contributed by atoms with Crippen molar-refractivity contribution in [3.63, 3.8) is 0 Å². The van der Waals surface area contributed by atoms with Crippen LogP contribution in [0, 0.1) is 0 Å². The van der Waals surface area contributed by atoms with Gasteiger partial charge in [-0.05, 0) is 17.7 Å². The van der Waals surface area contributed by atoms with Gasteiger partial charge in [-0.15, -0.1) is 0 Å². The van der Waals surface area contributed by atoms with Crippen LogP contribution in [0.25, 0.3) is 0 Å². The van der Waals surface area contributed by atoms with Crippen molar-refractivity contribution in [3.8, 4) is 11.5 Å². The molecule has 0 radical (unpaired) electrons. The highest BCUT2D eigenvalue weighted by atomic mass is 16.5. The van der Waals surface area contributed by atoms with E-state index in [9.17, 15) is 0 Å². The minimum Gasteiger partial charge on any atom is -0.504 e. The maximum absolute atomic E-state index is 8.99. The number of hydrogen-bond donors (Lipinski definition) is 2. The summed E-state index contributed by atoms with van der Waals surface area (Å²) < 4.78 is 4.79. The van der Waals surface area contributed by atoms with Crippen molar-refractivity contribution in [2.24, 2.45) is 0 Å². The Morgan fingerprint density at radius 2 is 1.53 bits per heavy atom. The summed E-state index contributed by atoms with van der Waals surface area (Å²) in [5.74, 6) is 0.692. The van der Waals surface area contributed by atoms with Crippen LogP contribution in [0.3, 0.4) is 0 Å². The van der Waals surface area contributed by atoms with E-state index in [0.29, 0.717) is 5.75 Å². The van der Waals surface area contributed by atoms with Crippen LogP contribution in [0.4, 0.5) is 0 Å². The molecule has 3 heteroatoms. The smallest absolute Gasteiger partial charge is 0.160 e. The number of aliphatic hydroxyl groups excluding tert-OH is 1. The maximum Gasteiger partial charge on any atom is 0.160 e. The van der Waals surface area contributed by atoms with Crippen LogP contribution in [0.5, 0.6) is 11.5 Å². The molecule has 3 nitrogen and oxygen atoms in total. The van der Waals surface area contributed by atoms with Crippen molar-refractivity contribution in [1.82, 2.24) is 0 Å². The molecule has 0 bridgehead atoms. The van der Waals surface area contributed by atoms with Gasteiger partial charge in [0.05, 0.1) is 13.7 Å². The van der Waals surface area contributed by atoms with Gasteiger partial charge in [-0.3, -0.25) is 0 Å². The zero-order valence-electron chi connectivity index (χ0n) is 9.71. The number of phenols is 1. The van der Waals surface area contributed by atoms with Gasteiger partial charge in [0.1, 0.15) is 0 Å². The lowest BCUT2D eigenvalue weighted by Gasteiger charge is -1.99. The molecule has 0 spiro atoms. The molecule has 0 fully saturated rings. The summed E-state index contributed by atoms with van der Waals surface area (Å²) in [5, 5.41) is 17.5. The molecule has 2 aromatic carbocycles. The Balaban J connectivity index is 0.000000171. The van der Waals surface area contributed by atoms with Crippen molar-refractivity contribution in [2.45, 2.75) is 6.61 Å². The molecule has 0 saturated heterocycles. The second kappa shape index (κ2) is 7.30. The van der Waals surface area contributed by atoms with E-state index in [1.165, 1.54) is 7.11 Å². The number of hydrogen-bond acceptors (Lipinski definition) is 3. The fourth-order valence-corrected chi connectivity index (χ4v) is 1.21. The molecule has 0 unspecified atom stereocenters. The van der Waals surface area contributed by atoms with Crippen LogP contribution in [0.2, 0.25) is 0 Å².